The van der Waals surface area contributed by atoms with Crippen LogP contribution in [0.25, 0.3) is 10.9 Å². The van der Waals surface area contributed by atoms with Crippen LogP contribution in [0.15, 0.2) is 48.7 Å². The zero-order valence-corrected chi connectivity index (χ0v) is 16.2. The second kappa shape index (κ2) is 7.50. The van der Waals surface area contributed by atoms with E-state index >= 15 is 0 Å². The van der Waals surface area contributed by atoms with Gasteiger partial charge in [0.2, 0.25) is 5.91 Å². The van der Waals surface area contributed by atoms with Gasteiger partial charge in [0.05, 0.1) is 19.6 Å². The Morgan fingerprint density at radius 2 is 2.04 bits per heavy atom. The minimum absolute atomic E-state index is 0.00540. The Morgan fingerprint density at radius 3 is 2.82 bits per heavy atom. The predicted octanol–water partition coefficient (Wildman–Crippen LogP) is 3.90. The van der Waals surface area contributed by atoms with Gasteiger partial charge >= 0.3 is 0 Å². The molecule has 1 unspecified atom stereocenters. The number of aromatic amines is 1. The van der Waals surface area contributed by atoms with Gasteiger partial charge in [-0.3, -0.25) is 9.59 Å². The smallest absolute Gasteiger partial charge is 0.227 e. The lowest BCUT2D eigenvalue weighted by atomic mass is 9.99. The van der Waals surface area contributed by atoms with E-state index in [-0.39, 0.29) is 17.7 Å². The van der Waals surface area contributed by atoms with E-state index in [1.54, 1.807) is 18.1 Å². The molecule has 1 saturated heterocycles. The Bertz CT molecular complexity index is 1040. The summed E-state index contributed by atoms with van der Waals surface area (Å²) < 4.78 is 5.28. The van der Waals surface area contributed by atoms with E-state index in [1.165, 1.54) is 0 Å². The summed E-state index contributed by atoms with van der Waals surface area (Å²) in [6.07, 6.45) is 3.76. The van der Waals surface area contributed by atoms with Crippen molar-refractivity contribution in [3.8, 4) is 5.75 Å². The number of benzene rings is 2. The number of Topliss-reactive ketones (excluding diaryl/α,β-unsaturated/α-hetero) is 1. The first-order chi connectivity index (χ1) is 13.6. The molecule has 0 bridgehead atoms. The maximum Gasteiger partial charge on any atom is 0.227 e. The molecule has 4 rings (SSSR count). The lowest BCUT2D eigenvalue weighted by Crippen LogP contribution is -2.41. The first-order valence-corrected chi connectivity index (χ1v) is 9.62. The number of carbonyl (C=O) groups is 2. The molecular formula is C23H24N2O3. The number of methoxy groups -OCH3 is 1. The average molecular weight is 376 g/mol. The van der Waals surface area contributed by atoms with Crippen molar-refractivity contribution in [2.45, 2.75) is 32.2 Å². The van der Waals surface area contributed by atoms with Crippen molar-refractivity contribution in [3.63, 3.8) is 0 Å². The van der Waals surface area contributed by atoms with Crippen LogP contribution in [-0.2, 0) is 11.2 Å². The summed E-state index contributed by atoms with van der Waals surface area (Å²) in [6.45, 7) is 2.55. The molecule has 2 aromatic carbocycles. The number of fused-ring (bicyclic) bond motifs is 1. The zero-order chi connectivity index (χ0) is 19.7. The summed E-state index contributed by atoms with van der Waals surface area (Å²) in [7, 11) is 1.62. The van der Waals surface area contributed by atoms with Crippen LogP contribution >= 0.6 is 0 Å². The average Bonchev–Trinajstić information content (AvgIpc) is 3.35. The molecule has 1 amide bonds. The van der Waals surface area contributed by atoms with Crippen molar-refractivity contribution in [1.82, 2.24) is 9.88 Å². The van der Waals surface area contributed by atoms with Gasteiger partial charge < -0.3 is 14.6 Å². The van der Waals surface area contributed by atoms with Crippen molar-refractivity contribution in [2.24, 2.45) is 0 Å². The molecule has 5 nitrogen and oxygen atoms in total. The molecule has 1 aromatic heterocycles. The number of ether oxygens (including phenoxy) is 1. The largest absolute Gasteiger partial charge is 0.496 e. The van der Waals surface area contributed by atoms with Crippen LogP contribution in [0.3, 0.4) is 0 Å². The highest BCUT2D eigenvalue weighted by atomic mass is 16.5. The molecule has 1 fully saturated rings. The molecule has 0 aliphatic carbocycles. The van der Waals surface area contributed by atoms with Crippen LogP contribution in [0, 0.1) is 6.92 Å². The minimum Gasteiger partial charge on any atom is -0.496 e. The van der Waals surface area contributed by atoms with Crippen LogP contribution < -0.4 is 4.74 Å². The number of H-pyrrole nitrogens is 1. The third-order valence-electron chi connectivity index (χ3n) is 5.57. The molecule has 0 saturated carbocycles. The summed E-state index contributed by atoms with van der Waals surface area (Å²) >= 11 is 0. The van der Waals surface area contributed by atoms with Crippen LogP contribution in [-0.4, -0.2) is 41.3 Å². The highest BCUT2D eigenvalue weighted by Gasteiger charge is 2.34. The SMILES string of the molecule is COc1ccc(C(=O)C2CCCN2C(=O)Cc2c[nH]c3ccccc23)cc1C. The summed E-state index contributed by atoms with van der Waals surface area (Å²) in [6, 6.07) is 13.0. The molecular weight excluding hydrogens is 352 g/mol. The fraction of sp³-hybridized carbons (Fsp3) is 0.304. The molecule has 1 atom stereocenters. The summed E-state index contributed by atoms with van der Waals surface area (Å²) in [4.78, 5) is 31.1. The van der Waals surface area contributed by atoms with Gasteiger partial charge in [0.25, 0.3) is 0 Å². The molecule has 1 aliphatic rings. The standard InChI is InChI=1S/C23H24N2O3/c1-15-12-16(9-10-21(15)28-2)23(27)20-8-5-11-25(20)22(26)13-17-14-24-19-7-4-3-6-18(17)19/h3-4,6-7,9-10,12,14,20,24H,5,8,11,13H2,1-2H3. The molecule has 0 radical (unpaired) electrons. The normalized spacial score (nSPS) is 16.5. The topological polar surface area (TPSA) is 62.4 Å². The first kappa shape index (κ1) is 18.3. The Morgan fingerprint density at radius 1 is 1.21 bits per heavy atom. The van der Waals surface area contributed by atoms with E-state index < -0.39 is 0 Å². The van der Waals surface area contributed by atoms with Gasteiger partial charge in [-0.1, -0.05) is 18.2 Å². The number of ketones is 1. The number of para-hydroxylation sites is 1. The van der Waals surface area contributed by atoms with Crippen LogP contribution in [0.4, 0.5) is 0 Å². The number of likely N-dealkylation sites (tertiary alicyclic amines) is 1. The van der Waals surface area contributed by atoms with Crippen molar-refractivity contribution in [1.29, 1.82) is 0 Å². The number of hydrogen-bond donors (Lipinski definition) is 1. The van der Waals surface area contributed by atoms with E-state index in [1.807, 2.05) is 49.5 Å². The highest BCUT2D eigenvalue weighted by molar-refractivity contribution is 6.03. The van der Waals surface area contributed by atoms with Crippen molar-refractivity contribution in [2.75, 3.05) is 13.7 Å². The molecule has 28 heavy (non-hydrogen) atoms. The number of amides is 1. The Kier molecular flexibility index (Phi) is 4.90. The molecule has 5 heteroatoms. The lowest BCUT2D eigenvalue weighted by Gasteiger charge is -2.24. The molecule has 1 N–H and O–H groups in total. The van der Waals surface area contributed by atoms with Crippen molar-refractivity contribution in [3.05, 3.63) is 65.4 Å². The fourth-order valence-corrected chi connectivity index (χ4v) is 4.10. The molecule has 144 valence electrons. The van der Waals surface area contributed by atoms with Crippen LogP contribution in [0.2, 0.25) is 0 Å². The Hall–Kier alpha value is -3.08. The third-order valence-corrected chi connectivity index (χ3v) is 5.57. The van der Waals surface area contributed by atoms with Gasteiger partial charge in [-0.15, -0.1) is 0 Å². The van der Waals surface area contributed by atoms with Crippen molar-refractivity contribution < 1.29 is 14.3 Å². The maximum absolute atomic E-state index is 13.1. The summed E-state index contributed by atoms with van der Waals surface area (Å²) in [5.41, 5.74) is 3.55. The number of nitrogens with zero attached hydrogens (tertiary/aromatic N) is 1. The van der Waals surface area contributed by atoms with E-state index in [2.05, 4.69) is 4.98 Å². The molecule has 3 aromatic rings. The lowest BCUT2D eigenvalue weighted by molar-refractivity contribution is -0.130. The number of hydrogen-bond acceptors (Lipinski definition) is 3. The first-order valence-electron chi connectivity index (χ1n) is 9.62. The number of carbonyl (C=O) groups excluding carboxylic acids is 2. The van der Waals surface area contributed by atoms with E-state index in [9.17, 15) is 9.59 Å². The Balaban J connectivity index is 1.53. The highest BCUT2D eigenvalue weighted by Crippen LogP contribution is 2.26. The van der Waals surface area contributed by atoms with Gasteiger partial charge in [-0.05, 0) is 55.2 Å². The van der Waals surface area contributed by atoms with Gasteiger partial charge in [0, 0.05) is 29.2 Å². The van der Waals surface area contributed by atoms with Gasteiger partial charge in [-0.25, -0.2) is 0 Å². The summed E-state index contributed by atoms with van der Waals surface area (Å²) in [5, 5.41) is 1.06. The van der Waals surface area contributed by atoms with Crippen LogP contribution in [0.1, 0.15) is 34.3 Å². The number of aromatic nitrogens is 1. The summed E-state index contributed by atoms with van der Waals surface area (Å²) in [5.74, 6) is 0.775. The second-order valence-electron chi connectivity index (χ2n) is 7.33. The minimum atomic E-state index is -0.384. The quantitative estimate of drug-likeness (QED) is 0.687. The van der Waals surface area contributed by atoms with Crippen LogP contribution in [0.5, 0.6) is 5.75 Å². The molecule has 0 spiro atoms. The van der Waals surface area contributed by atoms with Gasteiger partial charge in [0.1, 0.15) is 5.75 Å². The van der Waals surface area contributed by atoms with Crippen molar-refractivity contribution >= 4 is 22.6 Å². The molecule has 2 heterocycles. The zero-order valence-electron chi connectivity index (χ0n) is 16.2. The monoisotopic (exact) mass is 376 g/mol. The molecule has 1 aliphatic heterocycles. The van der Waals surface area contributed by atoms with E-state index in [0.717, 1.165) is 34.2 Å². The van der Waals surface area contributed by atoms with E-state index in [0.29, 0.717) is 24.9 Å². The Labute approximate surface area is 164 Å². The van der Waals surface area contributed by atoms with Gasteiger partial charge in [-0.2, -0.15) is 0 Å². The maximum atomic E-state index is 13.1. The van der Waals surface area contributed by atoms with Gasteiger partial charge in [0.15, 0.2) is 5.78 Å². The van der Waals surface area contributed by atoms with E-state index in [4.69, 9.17) is 4.74 Å². The predicted molar refractivity (Wildman–Crippen MR) is 109 cm³/mol. The number of nitrogens with one attached hydrogen (secondary N) is 1. The number of rotatable bonds is 5. The third kappa shape index (κ3) is 3.28. The number of aryl methyl sites for hydroxylation is 1. The fourth-order valence-electron chi connectivity index (χ4n) is 4.10. The second-order valence-corrected chi connectivity index (χ2v) is 7.33.